The number of methoxy groups -OCH3 is 1. The van der Waals surface area contributed by atoms with Gasteiger partial charge in [0.25, 0.3) is 5.69 Å². The molecule has 1 saturated carbocycles. The smallest absolute Gasteiger partial charge is 0.271 e. The van der Waals surface area contributed by atoms with E-state index in [-0.39, 0.29) is 53.4 Å². The molecule has 0 radical (unpaired) electrons. The molecule has 1 N–H and O–H groups in total. The van der Waals surface area contributed by atoms with Crippen molar-refractivity contribution in [2.75, 3.05) is 19.0 Å². The van der Waals surface area contributed by atoms with E-state index in [1.807, 2.05) is 20.8 Å². The molecule has 9 heteroatoms. The summed E-state index contributed by atoms with van der Waals surface area (Å²) in [6.07, 6.45) is 1.77. The molecule has 0 spiro atoms. The number of non-ortho nitro benzene ring substituents is 1. The molecule has 0 aromatic heterocycles. The molecule has 1 saturated heterocycles. The number of nitro benzene ring substituents is 1. The SMILES string of the molecule is COc1ccc([N+](=O)[O-])cc1NC(=O)CCCN1C(=O)C2CCC(C)(C1=O)C2(C)C. The van der Waals surface area contributed by atoms with Crippen molar-refractivity contribution in [3.63, 3.8) is 0 Å². The van der Waals surface area contributed by atoms with E-state index in [1.165, 1.54) is 30.2 Å². The minimum atomic E-state index is -0.565. The van der Waals surface area contributed by atoms with Gasteiger partial charge in [-0.2, -0.15) is 0 Å². The molecule has 1 aliphatic carbocycles. The first-order valence-electron chi connectivity index (χ1n) is 10.0. The highest BCUT2D eigenvalue weighted by atomic mass is 16.6. The summed E-state index contributed by atoms with van der Waals surface area (Å²) in [7, 11) is 1.40. The van der Waals surface area contributed by atoms with Crippen molar-refractivity contribution in [2.45, 2.75) is 46.5 Å². The third-order valence-corrected chi connectivity index (χ3v) is 6.96. The molecule has 162 valence electrons. The Morgan fingerprint density at radius 3 is 2.67 bits per heavy atom. The van der Waals surface area contributed by atoms with Crippen LogP contribution in [0.2, 0.25) is 0 Å². The maximum Gasteiger partial charge on any atom is 0.271 e. The van der Waals surface area contributed by atoms with Crippen LogP contribution >= 0.6 is 0 Å². The van der Waals surface area contributed by atoms with Crippen LogP contribution in [0.15, 0.2) is 18.2 Å². The Bertz CT molecular complexity index is 912. The van der Waals surface area contributed by atoms with Crippen LogP contribution in [0.4, 0.5) is 11.4 Å². The summed E-state index contributed by atoms with van der Waals surface area (Å²) in [5.74, 6) is -0.557. The number of nitro groups is 1. The van der Waals surface area contributed by atoms with Gasteiger partial charge in [-0.15, -0.1) is 0 Å². The van der Waals surface area contributed by atoms with Gasteiger partial charge < -0.3 is 10.1 Å². The number of piperidine rings is 1. The second kappa shape index (κ2) is 7.70. The number of benzene rings is 1. The van der Waals surface area contributed by atoms with E-state index < -0.39 is 10.3 Å². The third kappa shape index (κ3) is 3.42. The van der Waals surface area contributed by atoms with Crippen LogP contribution in [0.25, 0.3) is 0 Å². The summed E-state index contributed by atoms with van der Waals surface area (Å²) in [5.41, 5.74) is -0.895. The van der Waals surface area contributed by atoms with Crippen molar-refractivity contribution in [2.24, 2.45) is 16.7 Å². The molecule has 2 fully saturated rings. The highest BCUT2D eigenvalue weighted by Crippen LogP contribution is 2.60. The van der Waals surface area contributed by atoms with Gasteiger partial charge in [-0.3, -0.25) is 29.4 Å². The standard InChI is InChI=1S/C21H27N3O6/c1-20(2)14-9-10-21(20,3)19(27)23(18(14)26)11-5-6-17(25)22-15-12-13(24(28)29)7-8-16(15)30-4/h7-8,12,14H,5-6,9-11H2,1-4H3,(H,22,25). The molecular weight excluding hydrogens is 390 g/mol. The lowest BCUT2D eigenvalue weighted by Crippen LogP contribution is -2.59. The van der Waals surface area contributed by atoms with Crippen molar-refractivity contribution in [3.05, 3.63) is 28.3 Å². The second-order valence-corrected chi connectivity index (χ2v) is 8.73. The van der Waals surface area contributed by atoms with E-state index >= 15 is 0 Å². The zero-order valence-corrected chi connectivity index (χ0v) is 17.7. The number of nitrogens with one attached hydrogen (secondary N) is 1. The zero-order chi connectivity index (χ0) is 22.3. The molecule has 2 aliphatic rings. The lowest BCUT2D eigenvalue weighted by molar-refractivity contribution is -0.384. The predicted molar refractivity (Wildman–Crippen MR) is 109 cm³/mol. The monoisotopic (exact) mass is 417 g/mol. The fourth-order valence-corrected chi connectivity index (χ4v) is 4.63. The molecule has 1 aromatic rings. The summed E-state index contributed by atoms with van der Waals surface area (Å²) in [4.78, 5) is 49.9. The maximum atomic E-state index is 13.0. The van der Waals surface area contributed by atoms with Gasteiger partial charge in [-0.05, 0) is 30.7 Å². The summed E-state index contributed by atoms with van der Waals surface area (Å²) in [5, 5.41) is 13.6. The minimum Gasteiger partial charge on any atom is -0.495 e. The van der Waals surface area contributed by atoms with Crippen molar-refractivity contribution < 1.29 is 24.0 Å². The van der Waals surface area contributed by atoms with Gasteiger partial charge in [0.2, 0.25) is 17.7 Å². The molecule has 1 aliphatic heterocycles. The Kier molecular flexibility index (Phi) is 5.58. The lowest BCUT2D eigenvalue weighted by atomic mass is 9.62. The highest BCUT2D eigenvalue weighted by Gasteiger charge is 2.64. The number of nitrogens with zero attached hydrogens (tertiary/aromatic N) is 2. The molecule has 3 amide bonds. The van der Waals surface area contributed by atoms with Crippen molar-refractivity contribution >= 4 is 29.1 Å². The molecule has 2 unspecified atom stereocenters. The van der Waals surface area contributed by atoms with Crippen LogP contribution in [0.5, 0.6) is 5.75 Å². The number of anilines is 1. The van der Waals surface area contributed by atoms with Crippen LogP contribution in [-0.4, -0.2) is 41.2 Å². The van der Waals surface area contributed by atoms with Crippen LogP contribution in [0.3, 0.4) is 0 Å². The van der Waals surface area contributed by atoms with Gasteiger partial charge in [-0.25, -0.2) is 0 Å². The topological polar surface area (TPSA) is 119 Å². The first kappa shape index (κ1) is 21.7. The van der Waals surface area contributed by atoms with E-state index in [9.17, 15) is 24.5 Å². The number of imide groups is 1. The largest absolute Gasteiger partial charge is 0.495 e. The fourth-order valence-electron chi connectivity index (χ4n) is 4.63. The zero-order valence-electron chi connectivity index (χ0n) is 17.7. The number of carbonyl (C=O) groups is 3. The van der Waals surface area contributed by atoms with Crippen LogP contribution in [0, 0.1) is 26.9 Å². The average Bonchev–Trinajstić information content (AvgIpc) is 2.88. The van der Waals surface area contributed by atoms with Crippen LogP contribution < -0.4 is 10.1 Å². The Hall–Kier alpha value is -2.97. The number of carbonyl (C=O) groups excluding carboxylic acids is 3. The summed E-state index contributed by atoms with van der Waals surface area (Å²) >= 11 is 0. The van der Waals surface area contributed by atoms with Crippen molar-refractivity contribution in [3.8, 4) is 5.75 Å². The minimum absolute atomic E-state index is 0.0632. The quantitative estimate of drug-likeness (QED) is 0.414. The van der Waals surface area contributed by atoms with Crippen LogP contribution in [0.1, 0.15) is 46.5 Å². The van der Waals surface area contributed by atoms with Gasteiger partial charge in [0, 0.05) is 31.0 Å². The highest BCUT2D eigenvalue weighted by molar-refractivity contribution is 6.03. The molecule has 3 rings (SSSR count). The first-order chi connectivity index (χ1) is 14.0. The molecule has 9 nitrogen and oxygen atoms in total. The Balaban J connectivity index is 1.62. The number of hydrogen-bond donors (Lipinski definition) is 1. The number of rotatable bonds is 7. The number of fused-ring (bicyclic) bond motifs is 2. The number of amides is 3. The summed E-state index contributed by atoms with van der Waals surface area (Å²) < 4.78 is 5.13. The van der Waals surface area contributed by atoms with Crippen molar-refractivity contribution in [1.82, 2.24) is 4.90 Å². The maximum absolute atomic E-state index is 13.0. The van der Waals surface area contributed by atoms with Gasteiger partial charge in [0.1, 0.15) is 5.75 Å². The lowest BCUT2D eigenvalue weighted by Gasteiger charge is -2.47. The second-order valence-electron chi connectivity index (χ2n) is 8.73. The molecular formula is C21H27N3O6. The summed E-state index contributed by atoms with van der Waals surface area (Å²) in [6.45, 7) is 6.07. The normalized spacial score (nSPS) is 24.7. The van der Waals surface area contributed by atoms with E-state index in [0.717, 1.165) is 0 Å². The molecule has 1 heterocycles. The predicted octanol–water partition coefficient (Wildman–Crippen LogP) is 3.13. The van der Waals surface area contributed by atoms with E-state index in [1.54, 1.807) is 0 Å². The Morgan fingerprint density at radius 1 is 1.33 bits per heavy atom. The fraction of sp³-hybridized carbons (Fsp3) is 0.571. The van der Waals surface area contributed by atoms with Crippen molar-refractivity contribution in [1.29, 1.82) is 0 Å². The third-order valence-electron chi connectivity index (χ3n) is 6.96. The van der Waals surface area contributed by atoms with E-state index in [4.69, 9.17) is 4.74 Å². The van der Waals surface area contributed by atoms with Crippen LogP contribution in [-0.2, 0) is 14.4 Å². The number of ether oxygens (including phenoxy) is 1. The average molecular weight is 417 g/mol. The Labute approximate surface area is 174 Å². The first-order valence-corrected chi connectivity index (χ1v) is 10.0. The molecule has 1 aromatic carbocycles. The van der Waals surface area contributed by atoms with Gasteiger partial charge in [-0.1, -0.05) is 20.8 Å². The van der Waals surface area contributed by atoms with Gasteiger partial charge in [0.05, 0.1) is 23.1 Å². The van der Waals surface area contributed by atoms with E-state index in [2.05, 4.69) is 5.32 Å². The van der Waals surface area contributed by atoms with Gasteiger partial charge in [0.15, 0.2) is 0 Å². The summed E-state index contributed by atoms with van der Waals surface area (Å²) in [6, 6.07) is 3.94. The molecule has 2 bridgehead atoms. The molecule has 30 heavy (non-hydrogen) atoms. The number of hydrogen-bond acceptors (Lipinski definition) is 6. The Morgan fingerprint density at radius 2 is 2.03 bits per heavy atom. The molecule has 2 atom stereocenters. The van der Waals surface area contributed by atoms with Gasteiger partial charge >= 0.3 is 0 Å². The number of likely N-dealkylation sites (tertiary alicyclic amines) is 1. The van der Waals surface area contributed by atoms with E-state index in [0.29, 0.717) is 25.0 Å².